The molecule has 0 aliphatic rings. The minimum atomic E-state index is -0.475. The third kappa shape index (κ3) is 6.08. The van der Waals surface area contributed by atoms with Gasteiger partial charge in [-0.1, -0.05) is 0 Å². The molecule has 0 saturated heterocycles. The summed E-state index contributed by atoms with van der Waals surface area (Å²) < 4.78 is 9.80. The average molecular weight is 267 g/mol. The van der Waals surface area contributed by atoms with Crippen LogP contribution in [0.1, 0.15) is 38.6 Å². The molecule has 1 aromatic rings. The van der Waals surface area contributed by atoms with Gasteiger partial charge in [0.05, 0.1) is 20.0 Å². The van der Waals surface area contributed by atoms with Gasteiger partial charge in [0, 0.05) is 11.4 Å². The summed E-state index contributed by atoms with van der Waals surface area (Å²) in [5, 5.41) is 0. The Kier molecular flexibility index (Phi) is 5.15. The molecule has 1 N–H and O–H groups in total. The Morgan fingerprint density at radius 1 is 1.16 bits per heavy atom. The Labute approximate surface area is 113 Å². The topological polar surface area (TPSA) is 68.4 Å². The highest BCUT2D eigenvalue weighted by atomic mass is 16.6. The highest BCUT2D eigenvalue weighted by Gasteiger charge is 2.17. The summed E-state index contributed by atoms with van der Waals surface area (Å²) in [5.74, 6) is -0.517. The van der Waals surface area contributed by atoms with Gasteiger partial charge in [-0.05, 0) is 39.3 Å². The maximum absolute atomic E-state index is 11.6. The number of rotatable bonds is 5. The van der Waals surface area contributed by atoms with Crippen LogP contribution in [0.2, 0.25) is 0 Å². The van der Waals surface area contributed by atoms with Crippen molar-refractivity contribution in [3.05, 3.63) is 23.5 Å². The molecule has 0 radical (unpaired) electrons. The molecule has 106 valence electrons. The summed E-state index contributed by atoms with van der Waals surface area (Å²) >= 11 is 0. The number of methoxy groups -OCH3 is 1. The number of aryl methyl sites for hydroxylation is 1. The Hall–Kier alpha value is -1.78. The molecule has 0 aliphatic heterocycles. The van der Waals surface area contributed by atoms with Gasteiger partial charge in [-0.2, -0.15) is 0 Å². The number of carbonyl (C=O) groups is 2. The smallest absolute Gasteiger partial charge is 0.312 e. The van der Waals surface area contributed by atoms with Gasteiger partial charge in [-0.25, -0.2) is 0 Å². The van der Waals surface area contributed by atoms with Crippen LogP contribution in [0, 0.1) is 0 Å². The van der Waals surface area contributed by atoms with Crippen LogP contribution >= 0.6 is 0 Å². The van der Waals surface area contributed by atoms with Crippen LogP contribution in [-0.2, 0) is 31.9 Å². The lowest BCUT2D eigenvalue weighted by molar-refractivity contribution is -0.154. The van der Waals surface area contributed by atoms with Gasteiger partial charge in [0.2, 0.25) is 0 Å². The van der Waals surface area contributed by atoms with Gasteiger partial charge in [0.1, 0.15) is 5.60 Å². The second-order valence-corrected chi connectivity index (χ2v) is 5.35. The van der Waals surface area contributed by atoms with E-state index in [4.69, 9.17) is 4.74 Å². The Morgan fingerprint density at radius 3 is 2.37 bits per heavy atom. The van der Waals surface area contributed by atoms with Crippen molar-refractivity contribution in [2.24, 2.45) is 0 Å². The highest BCUT2D eigenvalue weighted by molar-refractivity contribution is 5.72. The monoisotopic (exact) mass is 267 g/mol. The maximum Gasteiger partial charge on any atom is 0.312 e. The van der Waals surface area contributed by atoms with Crippen LogP contribution in [0.4, 0.5) is 0 Å². The van der Waals surface area contributed by atoms with E-state index >= 15 is 0 Å². The molecule has 0 atom stereocenters. The second kappa shape index (κ2) is 6.41. The molecular formula is C14H21NO4. The summed E-state index contributed by atoms with van der Waals surface area (Å²) in [6.07, 6.45) is 1.10. The van der Waals surface area contributed by atoms with Crippen molar-refractivity contribution in [1.82, 2.24) is 4.98 Å². The van der Waals surface area contributed by atoms with Gasteiger partial charge in [-0.3, -0.25) is 9.59 Å². The molecule has 0 amide bonds. The van der Waals surface area contributed by atoms with Crippen LogP contribution in [0.25, 0.3) is 0 Å². The normalized spacial score (nSPS) is 11.2. The first-order valence-electron chi connectivity index (χ1n) is 6.25. The van der Waals surface area contributed by atoms with E-state index in [1.54, 1.807) is 0 Å². The second-order valence-electron chi connectivity index (χ2n) is 5.35. The first-order chi connectivity index (χ1) is 8.80. The van der Waals surface area contributed by atoms with E-state index in [-0.39, 0.29) is 18.4 Å². The minimum absolute atomic E-state index is 0.204. The number of nitrogens with one attached hydrogen (secondary N) is 1. The summed E-state index contributed by atoms with van der Waals surface area (Å²) in [4.78, 5) is 25.8. The summed E-state index contributed by atoms with van der Waals surface area (Å²) in [5.41, 5.74) is 1.22. The molecule has 19 heavy (non-hydrogen) atoms. The van der Waals surface area contributed by atoms with Crippen LogP contribution in [0.15, 0.2) is 12.1 Å². The van der Waals surface area contributed by atoms with Crippen molar-refractivity contribution in [3.8, 4) is 0 Å². The fourth-order valence-corrected chi connectivity index (χ4v) is 1.61. The van der Waals surface area contributed by atoms with E-state index in [0.29, 0.717) is 12.8 Å². The largest absolute Gasteiger partial charge is 0.469 e. The fourth-order valence-electron chi connectivity index (χ4n) is 1.61. The van der Waals surface area contributed by atoms with Crippen molar-refractivity contribution < 1.29 is 19.1 Å². The Bertz CT molecular complexity index is 443. The quantitative estimate of drug-likeness (QED) is 0.828. The summed E-state index contributed by atoms with van der Waals surface area (Å²) in [7, 11) is 1.37. The molecule has 0 unspecified atom stereocenters. The first-order valence-corrected chi connectivity index (χ1v) is 6.25. The van der Waals surface area contributed by atoms with Crippen LogP contribution < -0.4 is 0 Å². The zero-order valence-corrected chi connectivity index (χ0v) is 11.9. The lowest BCUT2D eigenvalue weighted by atomic mass is 10.2. The standard InChI is InChI=1S/C14H21NO4/c1-14(2,3)19-13(17)9-11-6-5-10(15-11)7-8-12(16)18-4/h5-6,15H,7-9H2,1-4H3. The number of aromatic amines is 1. The van der Waals surface area contributed by atoms with Crippen LogP contribution in [-0.4, -0.2) is 29.6 Å². The van der Waals surface area contributed by atoms with Crippen molar-refractivity contribution in [1.29, 1.82) is 0 Å². The summed E-state index contributed by atoms with van der Waals surface area (Å²) in [6, 6.07) is 3.69. The SMILES string of the molecule is COC(=O)CCc1ccc(CC(=O)OC(C)(C)C)[nH]1. The molecule has 0 aromatic carbocycles. The molecule has 0 saturated carbocycles. The number of carbonyl (C=O) groups excluding carboxylic acids is 2. The first kappa shape index (κ1) is 15.3. The van der Waals surface area contributed by atoms with Gasteiger partial charge in [-0.15, -0.1) is 0 Å². The third-order valence-electron chi connectivity index (χ3n) is 2.39. The van der Waals surface area contributed by atoms with Gasteiger partial charge in [0.15, 0.2) is 0 Å². The van der Waals surface area contributed by atoms with Crippen molar-refractivity contribution in [2.75, 3.05) is 7.11 Å². The zero-order chi connectivity index (χ0) is 14.5. The number of H-pyrrole nitrogens is 1. The van der Waals surface area contributed by atoms with Crippen molar-refractivity contribution in [3.63, 3.8) is 0 Å². The molecule has 0 spiro atoms. The number of hydrogen-bond acceptors (Lipinski definition) is 4. The van der Waals surface area contributed by atoms with E-state index in [1.165, 1.54) is 7.11 Å². The van der Waals surface area contributed by atoms with E-state index < -0.39 is 5.60 Å². The molecule has 1 heterocycles. The molecule has 0 fully saturated rings. The molecule has 5 heteroatoms. The minimum Gasteiger partial charge on any atom is -0.469 e. The van der Waals surface area contributed by atoms with Crippen LogP contribution in [0.3, 0.4) is 0 Å². The van der Waals surface area contributed by atoms with Gasteiger partial charge >= 0.3 is 11.9 Å². The predicted octanol–water partition coefficient (Wildman–Crippen LogP) is 2.00. The number of aromatic nitrogens is 1. The van der Waals surface area contributed by atoms with E-state index in [1.807, 2.05) is 32.9 Å². The van der Waals surface area contributed by atoms with E-state index in [9.17, 15) is 9.59 Å². The zero-order valence-electron chi connectivity index (χ0n) is 11.9. The maximum atomic E-state index is 11.6. The predicted molar refractivity (Wildman–Crippen MR) is 70.7 cm³/mol. The van der Waals surface area contributed by atoms with Gasteiger partial charge < -0.3 is 14.5 Å². The molecule has 1 rings (SSSR count). The Balaban J connectivity index is 2.46. The van der Waals surface area contributed by atoms with Gasteiger partial charge in [0.25, 0.3) is 0 Å². The number of esters is 2. The van der Waals surface area contributed by atoms with Crippen molar-refractivity contribution >= 4 is 11.9 Å². The third-order valence-corrected chi connectivity index (χ3v) is 2.39. The van der Waals surface area contributed by atoms with Crippen molar-refractivity contribution in [2.45, 2.75) is 45.6 Å². The highest BCUT2D eigenvalue weighted by Crippen LogP contribution is 2.11. The average Bonchev–Trinajstić information content (AvgIpc) is 2.70. The fraction of sp³-hybridized carbons (Fsp3) is 0.571. The lowest BCUT2D eigenvalue weighted by Crippen LogP contribution is -2.25. The molecule has 5 nitrogen and oxygen atoms in total. The molecule has 1 aromatic heterocycles. The Morgan fingerprint density at radius 2 is 1.79 bits per heavy atom. The van der Waals surface area contributed by atoms with E-state index in [2.05, 4.69) is 9.72 Å². The molecule has 0 aliphatic carbocycles. The lowest BCUT2D eigenvalue weighted by Gasteiger charge is -2.19. The summed E-state index contributed by atoms with van der Waals surface area (Å²) in [6.45, 7) is 5.50. The van der Waals surface area contributed by atoms with Crippen LogP contribution in [0.5, 0.6) is 0 Å². The molecule has 0 bridgehead atoms. The number of hydrogen-bond donors (Lipinski definition) is 1. The number of ether oxygens (including phenoxy) is 2. The molecular weight excluding hydrogens is 246 g/mol. The van der Waals surface area contributed by atoms with E-state index in [0.717, 1.165) is 11.4 Å².